The molecule has 0 amide bonds. The van der Waals surface area contributed by atoms with Crippen molar-refractivity contribution in [3.8, 4) is 0 Å². The minimum absolute atomic E-state index is 0.0331. The number of hydrogen-bond donors (Lipinski definition) is 2. The van der Waals surface area contributed by atoms with E-state index in [4.69, 9.17) is 16.7 Å². The Morgan fingerprint density at radius 2 is 2.17 bits per heavy atom. The third kappa shape index (κ3) is 2.09. The number of rotatable bonds is 4. The molecule has 1 heterocycles. The Labute approximate surface area is 109 Å². The van der Waals surface area contributed by atoms with Crippen molar-refractivity contribution in [2.45, 2.75) is 19.9 Å². The number of carboxylic acid groups (broad SMARTS) is 1. The Kier molecular flexibility index (Phi) is 3.59. The van der Waals surface area contributed by atoms with Crippen molar-refractivity contribution < 1.29 is 15.0 Å². The largest absolute Gasteiger partial charge is 0.477 e. The molecule has 96 valence electrons. The van der Waals surface area contributed by atoms with Crippen LogP contribution in [-0.4, -0.2) is 27.4 Å². The number of carboxylic acids is 1. The lowest BCUT2D eigenvalue weighted by molar-refractivity contribution is 0.0684. The van der Waals surface area contributed by atoms with Crippen molar-refractivity contribution in [1.29, 1.82) is 0 Å². The van der Waals surface area contributed by atoms with Gasteiger partial charge < -0.3 is 14.8 Å². The highest BCUT2D eigenvalue weighted by atomic mass is 35.5. The Morgan fingerprint density at radius 1 is 1.44 bits per heavy atom. The SMILES string of the molecule is Cc1c(C(=O)O)n(CCCO)c2ccc(Cl)cc12. The van der Waals surface area contributed by atoms with Crippen LogP contribution in [0.5, 0.6) is 0 Å². The van der Waals surface area contributed by atoms with Crippen molar-refractivity contribution in [1.82, 2.24) is 4.57 Å². The van der Waals surface area contributed by atoms with E-state index in [1.54, 1.807) is 23.6 Å². The number of aromatic carboxylic acids is 1. The maximum atomic E-state index is 11.3. The average Bonchev–Trinajstić information content (AvgIpc) is 2.59. The normalized spacial score (nSPS) is 11.1. The smallest absolute Gasteiger partial charge is 0.352 e. The zero-order valence-electron chi connectivity index (χ0n) is 9.98. The fraction of sp³-hybridized carbons (Fsp3) is 0.308. The number of halogens is 1. The summed E-state index contributed by atoms with van der Waals surface area (Å²) in [6.07, 6.45) is 0.520. The number of carbonyl (C=O) groups is 1. The molecule has 0 aliphatic heterocycles. The molecule has 1 aromatic carbocycles. The molecule has 0 saturated heterocycles. The molecule has 18 heavy (non-hydrogen) atoms. The van der Waals surface area contributed by atoms with Crippen LogP contribution in [0.2, 0.25) is 5.02 Å². The van der Waals surface area contributed by atoms with E-state index in [0.29, 0.717) is 23.6 Å². The number of fused-ring (bicyclic) bond motifs is 1. The van der Waals surface area contributed by atoms with E-state index in [0.717, 1.165) is 10.9 Å². The molecule has 0 spiro atoms. The van der Waals surface area contributed by atoms with Gasteiger partial charge in [-0.1, -0.05) is 11.6 Å². The summed E-state index contributed by atoms with van der Waals surface area (Å²) >= 11 is 5.94. The molecule has 0 saturated carbocycles. The van der Waals surface area contributed by atoms with Gasteiger partial charge in [0, 0.05) is 29.1 Å². The van der Waals surface area contributed by atoms with Crippen molar-refractivity contribution in [3.05, 3.63) is 34.5 Å². The highest BCUT2D eigenvalue weighted by Gasteiger charge is 2.19. The van der Waals surface area contributed by atoms with Crippen molar-refractivity contribution in [2.24, 2.45) is 0 Å². The third-order valence-corrected chi connectivity index (χ3v) is 3.26. The number of aliphatic hydroxyl groups is 1. The molecule has 2 N–H and O–H groups in total. The first-order valence-electron chi connectivity index (χ1n) is 5.68. The monoisotopic (exact) mass is 267 g/mol. The van der Waals surface area contributed by atoms with Crippen molar-refractivity contribution >= 4 is 28.5 Å². The fourth-order valence-corrected chi connectivity index (χ4v) is 2.40. The number of hydrogen-bond acceptors (Lipinski definition) is 2. The number of benzene rings is 1. The lowest BCUT2D eigenvalue weighted by Crippen LogP contribution is -2.10. The second kappa shape index (κ2) is 5.00. The summed E-state index contributed by atoms with van der Waals surface area (Å²) in [5.41, 5.74) is 1.81. The first-order chi connectivity index (χ1) is 8.56. The molecule has 4 nitrogen and oxygen atoms in total. The van der Waals surface area contributed by atoms with E-state index < -0.39 is 5.97 Å². The Balaban J connectivity index is 2.70. The molecular weight excluding hydrogens is 254 g/mol. The molecule has 2 aromatic rings. The van der Waals surface area contributed by atoms with Gasteiger partial charge in [-0.15, -0.1) is 0 Å². The van der Waals surface area contributed by atoms with Crippen molar-refractivity contribution in [3.63, 3.8) is 0 Å². The summed E-state index contributed by atoms with van der Waals surface area (Å²) < 4.78 is 1.72. The number of aromatic nitrogens is 1. The van der Waals surface area contributed by atoms with Crippen LogP contribution in [0.4, 0.5) is 0 Å². The van der Waals surface area contributed by atoms with Crippen LogP contribution in [0.25, 0.3) is 10.9 Å². The zero-order valence-corrected chi connectivity index (χ0v) is 10.7. The standard InChI is InChI=1S/C13H14ClNO3/c1-8-10-7-9(14)3-4-11(10)15(5-2-6-16)12(8)13(17)18/h3-4,7,16H,2,5-6H2,1H3,(H,17,18). The molecular formula is C13H14ClNO3. The van der Waals surface area contributed by atoms with Crippen LogP contribution in [-0.2, 0) is 6.54 Å². The summed E-state index contributed by atoms with van der Waals surface area (Å²) in [5, 5.41) is 19.6. The van der Waals surface area contributed by atoms with E-state index in [1.165, 1.54) is 0 Å². The maximum Gasteiger partial charge on any atom is 0.352 e. The van der Waals surface area contributed by atoms with Gasteiger partial charge in [-0.25, -0.2) is 4.79 Å². The van der Waals surface area contributed by atoms with Crippen LogP contribution >= 0.6 is 11.6 Å². The molecule has 0 atom stereocenters. The van der Waals surface area contributed by atoms with Crippen molar-refractivity contribution in [2.75, 3.05) is 6.61 Å². The predicted octanol–water partition coefficient (Wildman–Crippen LogP) is 2.68. The van der Waals surface area contributed by atoms with Gasteiger partial charge in [-0.2, -0.15) is 0 Å². The second-order valence-corrected chi connectivity index (χ2v) is 4.61. The predicted molar refractivity (Wildman–Crippen MR) is 70.3 cm³/mol. The Hall–Kier alpha value is -1.52. The van der Waals surface area contributed by atoms with E-state index in [9.17, 15) is 9.90 Å². The summed E-state index contributed by atoms with van der Waals surface area (Å²) in [5.74, 6) is -0.960. The topological polar surface area (TPSA) is 62.5 Å². The molecule has 2 rings (SSSR count). The summed E-state index contributed by atoms with van der Waals surface area (Å²) in [4.78, 5) is 11.3. The van der Waals surface area contributed by atoms with E-state index in [1.807, 2.05) is 6.07 Å². The van der Waals surface area contributed by atoms with Gasteiger partial charge in [0.15, 0.2) is 0 Å². The fourth-order valence-electron chi connectivity index (χ4n) is 2.23. The van der Waals surface area contributed by atoms with Crippen LogP contribution < -0.4 is 0 Å². The van der Waals surface area contributed by atoms with Gasteiger partial charge in [0.2, 0.25) is 0 Å². The molecule has 0 unspecified atom stereocenters. The molecule has 0 aliphatic rings. The van der Waals surface area contributed by atoms with Crippen LogP contribution in [0.15, 0.2) is 18.2 Å². The van der Waals surface area contributed by atoms with Gasteiger partial charge in [-0.3, -0.25) is 0 Å². The Morgan fingerprint density at radius 3 is 2.78 bits per heavy atom. The van der Waals surface area contributed by atoms with Crippen LogP contribution in [0.1, 0.15) is 22.5 Å². The van der Waals surface area contributed by atoms with E-state index >= 15 is 0 Å². The van der Waals surface area contributed by atoms with E-state index in [-0.39, 0.29) is 12.3 Å². The highest BCUT2D eigenvalue weighted by Crippen LogP contribution is 2.28. The quantitative estimate of drug-likeness (QED) is 0.895. The summed E-state index contributed by atoms with van der Waals surface area (Å²) in [6.45, 7) is 2.28. The molecule has 0 fully saturated rings. The number of aryl methyl sites for hydroxylation is 2. The summed E-state index contributed by atoms with van der Waals surface area (Å²) in [6, 6.07) is 5.33. The van der Waals surface area contributed by atoms with Gasteiger partial charge in [0.05, 0.1) is 0 Å². The first kappa shape index (κ1) is 12.9. The lowest BCUT2D eigenvalue weighted by atomic mass is 10.1. The average molecular weight is 268 g/mol. The van der Waals surface area contributed by atoms with Gasteiger partial charge in [0.25, 0.3) is 0 Å². The summed E-state index contributed by atoms with van der Waals surface area (Å²) in [7, 11) is 0. The highest BCUT2D eigenvalue weighted by molar-refractivity contribution is 6.31. The first-order valence-corrected chi connectivity index (χ1v) is 6.06. The molecule has 5 heteroatoms. The minimum Gasteiger partial charge on any atom is -0.477 e. The molecule has 1 aromatic heterocycles. The van der Waals surface area contributed by atoms with E-state index in [2.05, 4.69) is 0 Å². The third-order valence-electron chi connectivity index (χ3n) is 3.02. The maximum absolute atomic E-state index is 11.3. The molecule has 0 radical (unpaired) electrons. The van der Waals surface area contributed by atoms with Crippen LogP contribution in [0, 0.1) is 6.92 Å². The number of nitrogens with zero attached hydrogens (tertiary/aromatic N) is 1. The molecule has 0 bridgehead atoms. The number of aliphatic hydroxyl groups excluding tert-OH is 1. The van der Waals surface area contributed by atoms with Gasteiger partial charge in [0.1, 0.15) is 5.69 Å². The van der Waals surface area contributed by atoms with Gasteiger partial charge >= 0.3 is 5.97 Å². The molecule has 0 aliphatic carbocycles. The van der Waals surface area contributed by atoms with Crippen LogP contribution in [0.3, 0.4) is 0 Å². The minimum atomic E-state index is -0.960. The van der Waals surface area contributed by atoms with Gasteiger partial charge in [-0.05, 0) is 37.1 Å². The second-order valence-electron chi connectivity index (χ2n) is 4.17. The Bertz CT molecular complexity index is 604. The lowest BCUT2D eigenvalue weighted by Gasteiger charge is -2.07. The zero-order chi connectivity index (χ0) is 13.3.